The molecule has 0 N–H and O–H groups in total. The zero-order valence-electron chi connectivity index (χ0n) is 18.4. The van der Waals surface area contributed by atoms with E-state index in [1.54, 1.807) is 0 Å². The Morgan fingerprint density at radius 3 is 2.76 bits per heavy atom. The number of ether oxygens (including phenoxy) is 3. The van der Waals surface area contributed by atoms with Gasteiger partial charge < -0.3 is 14.2 Å². The number of methoxy groups -OCH3 is 1. The molecule has 0 bridgehead atoms. The van der Waals surface area contributed by atoms with E-state index in [1.807, 2.05) is 13.8 Å². The van der Waals surface area contributed by atoms with Crippen LogP contribution in [0.2, 0.25) is 0 Å². The summed E-state index contributed by atoms with van der Waals surface area (Å²) in [5, 5.41) is 0. The van der Waals surface area contributed by atoms with Gasteiger partial charge in [-0.15, -0.1) is 11.8 Å². The van der Waals surface area contributed by atoms with E-state index in [9.17, 15) is 4.79 Å². The number of alkyl halides is 1. The molecule has 0 unspecified atom stereocenters. The molecule has 0 spiro atoms. The smallest absolute Gasteiger partial charge is 0.305 e. The van der Waals surface area contributed by atoms with Gasteiger partial charge in [-0.05, 0) is 33.1 Å². The monoisotopic (exact) mass is 516 g/mol. The third-order valence-electron chi connectivity index (χ3n) is 4.62. The van der Waals surface area contributed by atoms with Crippen LogP contribution in [0.25, 0.3) is 0 Å². The van der Waals surface area contributed by atoms with Crippen LogP contribution in [0.1, 0.15) is 78.6 Å². The normalized spacial score (nSPS) is 22.4. The van der Waals surface area contributed by atoms with Gasteiger partial charge in [0.1, 0.15) is 0 Å². The Morgan fingerprint density at radius 2 is 2.03 bits per heavy atom. The van der Waals surface area contributed by atoms with E-state index in [-0.39, 0.29) is 18.2 Å². The van der Waals surface area contributed by atoms with Crippen LogP contribution in [0.5, 0.6) is 0 Å². The summed E-state index contributed by atoms with van der Waals surface area (Å²) in [6.45, 7) is 6.17. The highest BCUT2D eigenvalue weighted by Crippen LogP contribution is 2.32. The number of carbonyl (C=O) groups excluding carboxylic acids is 1. The fraction of sp³-hybridized carbons (Fsp3) is 0.708. The molecule has 0 aromatic carbocycles. The van der Waals surface area contributed by atoms with E-state index in [0.29, 0.717) is 16.8 Å². The van der Waals surface area contributed by atoms with Crippen molar-refractivity contribution < 1.29 is 19.0 Å². The summed E-state index contributed by atoms with van der Waals surface area (Å²) in [5.41, 5.74) is 0. The molecule has 1 saturated heterocycles. The number of rotatable bonds is 11. The quantitative estimate of drug-likeness (QED) is 0.0828. The average Bonchev–Trinajstić information content (AvgIpc) is 2.68. The zero-order valence-corrected chi connectivity index (χ0v) is 20.6. The van der Waals surface area contributed by atoms with Crippen LogP contribution in [-0.4, -0.2) is 35.0 Å². The molecule has 0 amide bonds. The van der Waals surface area contributed by atoms with Crippen LogP contribution in [0.4, 0.5) is 0 Å². The number of unbranched alkanes of at least 4 members (excludes halogenated alkanes) is 4. The second-order valence-electron chi connectivity index (χ2n) is 7.76. The van der Waals surface area contributed by atoms with Crippen LogP contribution in [0, 0.1) is 11.8 Å². The Morgan fingerprint density at radius 1 is 1.24 bits per heavy atom. The summed E-state index contributed by atoms with van der Waals surface area (Å²) in [4.78, 5) is 11.1. The molecule has 0 aromatic heterocycles. The summed E-state index contributed by atoms with van der Waals surface area (Å²) in [6, 6.07) is 0. The van der Waals surface area contributed by atoms with Crippen LogP contribution in [0.3, 0.4) is 0 Å². The lowest BCUT2D eigenvalue weighted by atomic mass is 10.0. The van der Waals surface area contributed by atoms with E-state index in [1.165, 1.54) is 26.4 Å². The lowest BCUT2D eigenvalue weighted by Crippen LogP contribution is -2.47. The Kier molecular flexibility index (Phi) is 13.6. The molecule has 4 nitrogen and oxygen atoms in total. The third kappa shape index (κ3) is 12.5. The van der Waals surface area contributed by atoms with Gasteiger partial charge in [0.05, 0.1) is 19.3 Å². The van der Waals surface area contributed by atoms with Gasteiger partial charge in [-0.25, -0.2) is 0 Å². The number of carbonyl (C=O) groups is 1. The lowest BCUT2D eigenvalue weighted by Gasteiger charge is -2.41. The molecule has 0 radical (unpaired) electrons. The Balaban J connectivity index is 2.45. The highest BCUT2D eigenvalue weighted by Gasteiger charge is 2.37. The Bertz CT molecular complexity index is 585. The maximum absolute atomic E-state index is 11.1. The van der Waals surface area contributed by atoms with Gasteiger partial charge in [0, 0.05) is 29.6 Å². The summed E-state index contributed by atoms with van der Waals surface area (Å²) < 4.78 is 17.1. The van der Waals surface area contributed by atoms with E-state index in [4.69, 9.17) is 9.47 Å². The van der Waals surface area contributed by atoms with Gasteiger partial charge in [0.2, 0.25) is 0 Å². The fourth-order valence-corrected chi connectivity index (χ4v) is 3.77. The minimum atomic E-state index is -0.597. The third-order valence-corrected chi connectivity index (χ3v) is 5.86. The number of halogens is 1. The largest absolute Gasteiger partial charge is 0.469 e. The van der Waals surface area contributed by atoms with Crippen LogP contribution in [0.15, 0.2) is 24.3 Å². The van der Waals surface area contributed by atoms with Gasteiger partial charge in [-0.3, -0.25) is 4.79 Å². The molecule has 0 aliphatic carbocycles. The first kappa shape index (κ1) is 26.2. The topological polar surface area (TPSA) is 44.8 Å². The van der Waals surface area contributed by atoms with E-state index < -0.39 is 5.79 Å². The van der Waals surface area contributed by atoms with Crippen molar-refractivity contribution in [2.24, 2.45) is 0 Å². The maximum atomic E-state index is 11.1. The fourth-order valence-electron chi connectivity index (χ4n) is 3.11. The average molecular weight is 516 g/mol. The molecule has 1 aliphatic rings. The van der Waals surface area contributed by atoms with Gasteiger partial charge >= 0.3 is 5.97 Å². The van der Waals surface area contributed by atoms with E-state index in [0.717, 1.165) is 25.7 Å². The predicted octanol–water partition coefficient (Wildman–Crippen LogP) is 6.13. The molecule has 5 heteroatoms. The Hall–Kier alpha value is -0.840. The molecule has 1 rings (SSSR count). The molecule has 1 aliphatic heterocycles. The maximum Gasteiger partial charge on any atom is 0.305 e. The molecular weight excluding hydrogens is 479 g/mol. The Labute approximate surface area is 191 Å². The van der Waals surface area contributed by atoms with Crippen molar-refractivity contribution in [3.8, 4) is 11.8 Å². The molecule has 0 saturated carbocycles. The number of hydrogen-bond donors (Lipinski definition) is 0. The number of hydrogen-bond acceptors (Lipinski definition) is 4. The van der Waals surface area contributed by atoms with Gasteiger partial charge in [-0.1, -0.05) is 66.7 Å². The molecule has 1 heterocycles. The van der Waals surface area contributed by atoms with E-state index in [2.05, 4.69) is 70.4 Å². The predicted molar refractivity (Wildman–Crippen MR) is 127 cm³/mol. The standard InChI is InChI=1S/C24H37IO4/c1-5-6-7-8-9-10-13-16-20-19-22(29-24(2,3)28-20)21(25)17-14-11-12-15-18-23(26)27-4/h9-10,13,16,20-22H,5-8,12,15,17-19H2,1-4H3/b10-9-,16-13+/t20-,21+,22-/m0/s1. The number of allylic oxidation sites excluding steroid dienone is 3. The highest BCUT2D eigenvalue weighted by molar-refractivity contribution is 14.1. The molecule has 3 atom stereocenters. The second-order valence-corrected chi connectivity index (χ2v) is 9.36. The van der Waals surface area contributed by atoms with Crippen molar-refractivity contribution in [1.29, 1.82) is 0 Å². The van der Waals surface area contributed by atoms with E-state index >= 15 is 0 Å². The van der Waals surface area contributed by atoms with Crippen molar-refractivity contribution in [2.45, 2.75) is 100 Å². The lowest BCUT2D eigenvalue weighted by molar-refractivity contribution is -0.288. The summed E-state index contributed by atoms with van der Waals surface area (Å²) >= 11 is 2.43. The summed E-state index contributed by atoms with van der Waals surface area (Å²) in [6.07, 6.45) is 17.2. The minimum absolute atomic E-state index is 0.0503. The van der Waals surface area contributed by atoms with Crippen LogP contribution in [-0.2, 0) is 19.0 Å². The van der Waals surface area contributed by atoms with Crippen molar-refractivity contribution in [3.05, 3.63) is 24.3 Å². The zero-order chi connectivity index (χ0) is 21.5. The molecule has 29 heavy (non-hydrogen) atoms. The van der Waals surface area contributed by atoms with Crippen molar-refractivity contribution >= 4 is 28.6 Å². The molecule has 164 valence electrons. The molecular formula is C24H37IO4. The minimum Gasteiger partial charge on any atom is -0.469 e. The molecule has 0 aromatic rings. The van der Waals surface area contributed by atoms with Crippen molar-refractivity contribution in [1.82, 2.24) is 0 Å². The first-order chi connectivity index (χ1) is 13.9. The van der Waals surface area contributed by atoms with Gasteiger partial charge in [0.15, 0.2) is 5.79 Å². The van der Waals surface area contributed by atoms with Crippen LogP contribution >= 0.6 is 22.6 Å². The van der Waals surface area contributed by atoms with Crippen molar-refractivity contribution in [3.63, 3.8) is 0 Å². The second kappa shape index (κ2) is 15.0. The number of esters is 1. The van der Waals surface area contributed by atoms with Crippen molar-refractivity contribution in [2.75, 3.05) is 7.11 Å². The first-order valence-corrected chi connectivity index (χ1v) is 12.0. The SMILES string of the molecule is CCCCC/C=C\C=C\[C@H]1C[C@@H]([C@H](I)CC#CCCCC(=O)OC)OC(C)(C)O1. The molecule has 1 fully saturated rings. The van der Waals surface area contributed by atoms with Crippen LogP contribution < -0.4 is 0 Å². The highest BCUT2D eigenvalue weighted by atomic mass is 127. The summed E-state index contributed by atoms with van der Waals surface area (Å²) in [5.74, 6) is 5.62. The van der Waals surface area contributed by atoms with Gasteiger partial charge in [-0.2, -0.15) is 0 Å². The first-order valence-electron chi connectivity index (χ1n) is 10.7. The summed E-state index contributed by atoms with van der Waals surface area (Å²) in [7, 11) is 1.41. The van der Waals surface area contributed by atoms with Gasteiger partial charge in [0.25, 0.3) is 0 Å².